The standard InChI is InChI=1S/C38H46N4O6/c1-42(21-19-30-22-40-37(48-30)38(46,28-8-4-2-5-9-28)29-10-6-3-7-11-29)24-27-14-12-26(13-15-27)18-20-39-23-33(44)31-16-17-32(43)35-36(31)47-25-34(45)41-35/h2,4-5,8-9,12-17,22,29,33,39,43-44,46H,3,6-7,10-11,18-21,23-25H2,1H3,(H,41,45)/t33?,38-/m0/s1. The lowest BCUT2D eigenvalue weighted by molar-refractivity contribution is -0.118. The van der Waals surface area contributed by atoms with Crippen molar-refractivity contribution in [1.82, 2.24) is 15.2 Å². The Morgan fingerprint density at radius 2 is 1.77 bits per heavy atom. The Balaban J connectivity index is 0.961. The van der Waals surface area contributed by atoms with Crippen molar-refractivity contribution < 1.29 is 29.3 Å². The van der Waals surface area contributed by atoms with Crippen LogP contribution in [0, 0.1) is 5.92 Å². The van der Waals surface area contributed by atoms with E-state index in [1.165, 1.54) is 23.6 Å². The quantitative estimate of drug-likeness (QED) is 0.0932. The molecule has 1 fully saturated rings. The van der Waals surface area contributed by atoms with Gasteiger partial charge in [0.25, 0.3) is 5.91 Å². The Morgan fingerprint density at radius 1 is 1.02 bits per heavy atom. The van der Waals surface area contributed by atoms with Crippen LogP contribution in [0.4, 0.5) is 5.69 Å². The highest BCUT2D eigenvalue weighted by atomic mass is 16.5. The lowest BCUT2D eigenvalue weighted by atomic mass is 9.73. The maximum Gasteiger partial charge on any atom is 0.262 e. The van der Waals surface area contributed by atoms with Crippen LogP contribution >= 0.6 is 0 Å². The molecule has 2 heterocycles. The number of amides is 1. The Labute approximate surface area is 281 Å². The van der Waals surface area contributed by atoms with Gasteiger partial charge in [0.1, 0.15) is 17.2 Å². The summed E-state index contributed by atoms with van der Waals surface area (Å²) in [7, 11) is 2.09. The number of likely N-dealkylation sites (N-methyl/N-ethyl adjacent to an activating group) is 1. The number of phenolic OH excluding ortho intramolecular Hbond substituents is 1. The smallest absolute Gasteiger partial charge is 0.262 e. The van der Waals surface area contributed by atoms with Crippen molar-refractivity contribution in [3.63, 3.8) is 0 Å². The molecule has 4 aromatic rings. The van der Waals surface area contributed by atoms with Crippen LogP contribution in [0.2, 0.25) is 0 Å². The third-order valence-corrected chi connectivity index (χ3v) is 9.57. The van der Waals surface area contributed by atoms with Crippen molar-refractivity contribution >= 4 is 11.6 Å². The zero-order chi connectivity index (χ0) is 33.5. The lowest BCUT2D eigenvalue weighted by Gasteiger charge is -2.36. The summed E-state index contributed by atoms with van der Waals surface area (Å²) in [4.78, 5) is 18.5. The van der Waals surface area contributed by atoms with Crippen LogP contribution in [0.5, 0.6) is 11.5 Å². The fourth-order valence-electron chi connectivity index (χ4n) is 6.87. The molecule has 2 atom stereocenters. The van der Waals surface area contributed by atoms with Gasteiger partial charge in [-0.1, -0.05) is 73.9 Å². The Bertz CT molecular complexity index is 1650. The SMILES string of the molecule is CN(CCc1cnc([C@](O)(c2ccccc2)C2CCCCC2)o1)Cc1ccc(CCNCC(O)c2ccc(O)c3c2OCC(=O)N3)cc1. The number of aromatic nitrogens is 1. The number of aliphatic hydroxyl groups excluding tert-OH is 1. The third-order valence-electron chi connectivity index (χ3n) is 9.57. The Kier molecular flexibility index (Phi) is 10.8. The normalized spacial score (nSPS) is 17.0. The van der Waals surface area contributed by atoms with Gasteiger partial charge in [-0.2, -0.15) is 0 Å². The second kappa shape index (κ2) is 15.3. The minimum Gasteiger partial charge on any atom is -0.506 e. The van der Waals surface area contributed by atoms with Gasteiger partial charge in [-0.3, -0.25) is 4.79 Å². The molecule has 10 heteroatoms. The molecule has 254 valence electrons. The first kappa shape index (κ1) is 33.7. The molecule has 1 aromatic heterocycles. The second-order valence-corrected chi connectivity index (χ2v) is 13.1. The molecule has 1 amide bonds. The molecule has 0 saturated heterocycles. The van der Waals surface area contributed by atoms with Gasteiger partial charge in [-0.25, -0.2) is 4.98 Å². The van der Waals surface area contributed by atoms with E-state index in [1.807, 2.05) is 30.3 Å². The molecule has 0 radical (unpaired) electrons. The fourth-order valence-corrected chi connectivity index (χ4v) is 6.87. The van der Waals surface area contributed by atoms with E-state index in [0.29, 0.717) is 36.7 Å². The van der Waals surface area contributed by atoms with Gasteiger partial charge >= 0.3 is 0 Å². The zero-order valence-electron chi connectivity index (χ0n) is 27.5. The topological polar surface area (TPSA) is 140 Å². The number of benzene rings is 3. The molecule has 1 aliphatic carbocycles. The first-order chi connectivity index (χ1) is 23.3. The van der Waals surface area contributed by atoms with E-state index in [2.05, 4.69) is 51.8 Å². The summed E-state index contributed by atoms with van der Waals surface area (Å²) >= 11 is 0. The van der Waals surface area contributed by atoms with Gasteiger partial charge in [0, 0.05) is 37.5 Å². The van der Waals surface area contributed by atoms with E-state index in [1.54, 1.807) is 12.3 Å². The monoisotopic (exact) mass is 654 g/mol. The molecular formula is C38H46N4O6. The number of oxazole rings is 1. The molecule has 0 spiro atoms. The molecule has 10 nitrogen and oxygen atoms in total. The highest BCUT2D eigenvalue weighted by Crippen LogP contribution is 2.44. The van der Waals surface area contributed by atoms with Gasteiger partial charge in [-0.05, 0) is 61.7 Å². The van der Waals surface area contributed by atoms with E-state index in [4.69, 9.17) is 9.15 Å². The van der Waals surface area contributed by atoms with Crippen LogP contribution in [0.3, 0.4) is 0 Å². The highest BCUT2D eigenvalue weighted by Gasteiger charge is 2.44. The van der Waals surface area contributed by atoms with Crippen molar-refractivity contribution in [1.29, 1.82) is 0 Å². The van der Waals surface area contributed by atoms with E-state index in [-0.39, 0.29) is 29.9 Å². The third kappa shape index (κ3) is 7.73. The summed E-state index contributed by atoms with van der Waals surface area (Å²) in [5.41, 5.74) is 2.74. The summed E-state index contributed by atoms with van der Waals surface area (Å²) in [5.74, 6) is 1.14. The number of hydrogen-bond acceptors (Lipinski definition) is 9. The lowest BCUT2D eigenvalue weighted by Crippen LogP contribution is -2.38. The minimum absolute atomic E-state index is 0.0887. The molecule has 1 unspecified atom stereocenters. The van der Waals surface area contributed by atoms with E-state index >= 15 is 0 Å². The summed E-state index contributed by atoms with van der Waals surface area (Å²) in [5, 5.41) is 38.8. The van der Waals surface area contributed by atoms with Crippen molar-refractivity contribution in [2.24, 2.45) is 5.92 Å². The number of rotatable bonds is 14. The Hall–Kier alpha value is -4.22. The predicted molar refractivity (Wildman–Crippen MR) is 183 cm³/mol. The van der Waals surface area contributed by atoms with Crippen molar-refractivity contribution in [3.8, 4) is 11.5 Å². The van der Waals surface area contributed by atoms with Gasteiger partial charge in [0.2, 0.25) is 5.89 Å². The van der Waals surface area contributed by atoms with Crippen LogP contribution in [0.25, 0.3) is 0 Å². The summed E-state index contributed by atoms with van der Waals surface area (Å²) in [6, 6.07) is 21.4. The molecule has 3 aromatic carbocycles. The molecule has 48 heavy (non-hydrogen) atoms. The van der Waals surface area contributed by atoms with Crippen LogP contribution in [-0.4, -0.2) is 64.4 Å². The first-order valence-electron chi connectivity index (χ1n) is 17.0. The molecule has 5 N–H and O–H groups in total. The largest absolute Gasteiger partial charge is 0.506 e. The number of aliphatic hydroxyl groups is 2. The highest BCUT2D eigenvalue weighted by molar-refractivity contribution is 5.97. The summed E-state index contributed by atoms with van der Waals surface area (Å²) in [6.07, 6.45) is 7.77. The van der Waals surface area contributed by atoms with Gasteiger partial charge in [0.15, 0.2) is 18.0 Å². The number of ether oxygens (including phenoxy) is 1. The number of hydrogen-bond donors (Lipinski definition) is 5. The van der Waals surface area contributed by atoms with Crippen molar-refractivity contribution in [2.75, 3.05) is 38.6 Å². The number of fused-ring (bicyclic) bond motifs is 1. The average molecular weight is 655 g/mol. The van der Waals surface area contributed by atoms with Crippen molar-refractivity contribution in [3.05, 3.63) is 107 Å². The number of aromatic hydroxyl groups is 1. The van der Waals surface area contributed by atoms with Crippen LogP contribution in [-0.2, 0) is 29.8 Å². The molecule has 0 bridgehead atoms. The van der Waals surface area contributed by atoms with Crippen molar-refractivity contribution in [2.45, 2.75) is 63.2 Å². The van der Waals surface area contributed by atoms with Gasteiger partial charge in [-0.15, -0.1) is 0 Å². The van der Waals surface area contributed by atoms with Crippen LogP contribution in [0.15, 0.2) is 77.3 Å². The molecule has 2 aliphatic rings. The summed E-state index contributed by atoms with van der Waals surface area (Å²) in [6.45, 7) is 2.40. The van der Waals surface area contributed by atoms with E-state index in [0.717, 1.165) is 56.5 Å². The number of nitrogens with one attached hydrogen (secondary N) is 2. The minimum atomic E-state index is -1.22. The van der Waals surface area contributed by atoms with Gasteiger partial charge in [0.05, 0.1) is 12.3 Å². The first-order valence-corrected chi connectivity index (χ1v) is 17.0. The number of carbonyl (C=O) groups is 1. The van der Waals surface area contributed by atoms with E-state index < -0.39 is 11.7 Å². The maximum atomic E-state index is 12.1. The zero-order valence-corrected chi connectivity index (χ0v) is 27.5. The Morgan fingerprint density at radius 3 is 2.54 bits per heavy atom. The number of phenols is 1. The van der Waals surface area contributed by atoms with E-state index in [9.17, 15) is 20.1 Å². The maximum absolute atomic E-state index is 12.1. The molecular weight excluding hydrogens is 608 g/mol. The second-order valence-electron chi connectivity index (χ2n) is 13.1. The number of nitrogens with zero attached hydrogens (tertiary/aromatic N) is 2. The summed E-state index contributed by atoms with van der Waals surface area (Å²) < 4.78 is 11.7. The number of carbonyl (C=O) groups excluding carboxylic acids is 1. The predicted octanol–water partition coefficient (Wildman–Crippen LogP) is 5.07. The fraction of sp³-hybridized carbons (Fsp3) is 0.421. The number of anilines is 1. The van der Waals surface area contributed by atoms with Gasteiger partial charge < -0.3 is 40.0 Å². The average Bonchev–Trinajstić information content (AvgIpc) is 3.60. The molecule has 1 saturated carbocycles. The van der Waals surface area contributed by atoms with Crippen LogP contribution < -0.4 is 15.4 Å². The molecule has 6 rings (SSSR count). The van der Waals surface area contributed by atoms with Crippen LogP contribution in [0.1, 0.15) is 72.1 Å². The molecule has 1 aliphatic heterocycles.